The molecule has 2 aromatic rings. The maximum Gasteiger partial charge on any atom is 0.128 e. The van der Waals surface area contributed by atoms with Crippen LogP contribution in [0.2, 0.25) is 5.02 Å². The molecule has 17 heavy (non-hydrogen) atoms. The normalized spacial score (nSPS) is 12.4. The number of nitrogens with zero attached hydrogens (tertiary/aromatic N) is 1. The fraction of sp³-hybridized carbons (Fsp3) is 0.154. The molecular formula is C13H14ClN3. The molecule has 0 spiro atoms. The molecular weight excluding hydrogens is 234 g/mol. The fourth-order valence-electron chi connectivity index (χ4n) is 1.70. The van der Waals surface area contributed by atoms with E-state index in [0.29, 0.717) is 10.8 Å². The van der Waals surface area contributed by atoms with Gasteiger partial charge in [0.1, 0.15) is 5.82 Å². The zero-order valence-electron chi connectivity index (χ0n) is 9.52. The van der Waals surface area contributed by atoms with Crippen molar-refractivity contribution in [2.24, 2.45) is 5.73 Å². The minimum absolute atomic E-state index is 0.278. The summed E-state index contributed by atoms with van der Waals surface area (Å²) in [4.78, 5) is 4.11. The van der Waals surface area contributed by atoms with Gasteiger partial charge in [-0.05, 0) is 36.2 Å². The molecule has 4 heteroatoms. The van der Waals surface area contributed by atoms with Gasteiger partial charge in [-0.2, -0.15) is 0 Å². The summed E-state index contributed by atoms with van der Waals surface area (Å²) in [5, 5.41) is 0.691. The molecule has 0 saturated heterocycles. The van der Waals surface area contributed by atoms with Crippen LogP contribution >= 0.6 is 11.6 Å². The lowest BCUT2D eigenvalue weighted by atomic mass is 9.99. The summed E-state index contributed by atoms with van der Waals surface area (Å²) in [6.07, 6.45) is 1.73. The van der Waals surface area contributed by atoms with Gasteiger partial charge in [0, 0.05) is 16.8 Å². The number of hydrogen-bond donors (Lipinski definition) is 2. The van der Waals surface area contributed by atoms with Crippen LogP contribution in [0.5, 0.6) is 0 Å². The van der Waals surface area contributed by atoms with Gasteiger partial charge < -0.3 is 11.5 Å². The van der Waals surface area contributed by atoms with Gasteiger partial charge in [0.25, 0.3) is 0 Å². The van der Waals surface area contributed by atoms with Crippen LogP contribution in [0.3, 0.4) is 0 Å². The Bertz CT molecular complexity index is 523. The third kappa shape index (κ3) is 2.57. The topological polar surface area (TPSA) is 64.9 Å². The fourth-order valence-corrected chi connectivity index (χ4v) is 1.83. The molecule has 2 rings (SSSR count). The number of aryl methyl sites for hydroxylation is 1. The molecule has 1 atom stereocenters. The molecule has 0 aliphatic rings. The minimum Gasteiger partial charge on any atom is -0.383 e. The van der Waals surface area contributed by atoms with Gasteiger partial charge in [-0.15, -0.1) is 0 Å². The number of halogens is 1. The van der Waals surface area contributed by atoms with E-state index in [-0.39, 0.29) is 6.04 Å². The van der Waals surface area contributed by atoms with Gasteiger partial charge in [-0.3, -0.25) is 0 Å². The third-order valence-electron chi connectivity index (χ3n) is 2.65. The van der Waals surface area contributed by atoms with Crippen molar-refractivity contribution in [2.45, 2.75) is 13.0 Å². The molecule has 0 radical (unpaired) electrons. The summed E-state index contributed by atoms with van der Waals surface area (Å²) in [5.74, 6) is 0.470. The Balaban J connectivity index is 2.39. The standard InChI is InChI=1S/C13H14ClN3/c1-8-6-11(13(16)17-7-8)12(15)9-2-4-10(14)5-3-9/h2-7,12H,15H2,1H3,(H2,16,17). The van der Waals surface area contributed by atoms with Crippen LogP contribution in [0.25, 0.3) is 0 Å². The van der Waals surface area contributed by atoms with Crippen molar-refractivity contribution in [3.05, 3.63) is 58.2 Å². The van der Waals surface area contributed by atoms with Gasteiger partial charge >= 0.3 is 0 Å². The average molecular weight is 248 g/mol. The van der Waals surface area contributed by atoms with Gasteiger partial charge in [0.15, 0.2) is 0 Å². The van der Waals surface area contributed by atoms with Crippen LogP contribution < -0.4 is 11.5 Å². The first-order valence-corrected chi connectivity index (χ1v) is 5.69. The van der Waals surface area contributed by atoms with Crippen molar-refractivity contribution in [3.63, 3.8) is 0 Å². The van der Waals surface area contributed by atoms with Crippen LogP contribution in [-0.2, 0) is 0 Å². The van der Waals surface area contributed by atoms with E-state index in [1.165, 1.54) is 0 Å². The monoisotopic (exact) mass is 247 g/mol. The Labute approximate surface area is 105 Å². The van der Waals surface area contributed by atoms with Crippen molar-refractivity contribution in [1.29, 1.82) is 0 Å². The Morgan fingerprint density at radius 2 is 1.88 bits per heavy atom. The summed E-state index contributed by atoms with van der Waals surface area (Å²) < 4.78 is 0. The minimum atomic E-state index is -0.278. The van der Waals surface area contributed by atoms with E-state index < -0.39 is 0 Å². The number of rotatable bonds is 2. The lowest BCUT2D eigenvalue weighted by Gasteiger charge is -2.14. The van der Waals surface area contributed by atoms with Crippen molar-refractivity contribution in [2.75, 3.05) is 5.73 Å². The van der Waals surface area contributed by atoms with Crippen LogP contribution in [0.4, 0.5) is 5.82 Å². The SMILES string of the molecule is Cc1cnc(N)c(C(N)c2ccc(Cl)cc2)c1. The first kappa shape index (κ1) is 11.9. The smallest absolute Gasteiger partial charge is 0.128 e. The van der Waals surface area contributed by atoms with Crippen LogP contribution in [0.15, 0.2) is 36.5 Å². The van der Waals surface area contributed by atoms with E-state index in [1.807, 2.05) is 37.3 Å². The highest BCUT2D eigenvalue weighted by Gasteiger charge is 2.12. The molecule has 1 aromatic carbocycles. The molecule has 0 amide bonds. The zero-order chi connectivity index (χ0) is 12.4. The van der Waals surface area contributed by atoms with Gasteiger partial charge in [0.05, 0.1) is 6.04 Å². The Morgan fingerprint density at radius 3 is 2.53 bits per heavy atom. The van der Waals surface area contributed by atoms with Gasteiger partial charge in [-0.25, -0.2) is 4.98 Å². The number of aromatic nitrogens is 1. The van der Waals surface area contributed by atoms with E-state index in [2.05, 4.69) is 4.98 Å². The predicted molar refractivity (Wildman–Crippen MR) is 70.9 cm³/mol. The molecule has 4 N–H and O–H groups in total. The highest BCUT2D eigenvalue weighted by molar-refractivity contribution is 6.30. The number of nitrogen functional groups attached to an aromatic ring is 1. The van der Waals surface area contributed by atoms with E-state index in [0.717, 1.165) is 16.7 Å². The maximum atomic E-state index is 6.17. The molecule has 0 saturated carbocycles. The largest absolute Gasteiger partial charge is 0.383 e. The van der Waals surface area contributed by atoms with Crippen molar-refractivity contribution < 1.29 is 0 Å². The highest BCUT2D eigenvalue weighted by atomic mass is 35.5. The summed E-state index contributed by atoms with van der Waals surface area (Å²) in [5.41, 5.74) is 14.9. The molecule has 1 unspecified atom stereocenters. The number of benzene rings is 1. The van der Waals surface area contributed by atoms with Gasteiger partial charge in [0.2, 0.25) is 0 Å². The van der Waals surface area contributed by atoms with Crippen molar-refractivity contribution in [3.8, 4) is 0 Å². The number of hydrogen-bond acceptors (Lipinski definition) is 3. The zero-order valence-corrected chi connectivity index (χ0v) is 10.3. The van der Waals surface area contributed by atoms with Crippen LogP contribution in [0, 0.1) is 6.92 Å². The molecule has 1 heterocycles. The molecule has 0 bridgehead atoms. The molecule has 1 aromatic heterocycles. The van der Waals surface area contributed by atoms with Crippen molar-refractivity contribution in [1.82, 2.24) is 4.98 Å². The number of nitrogens with two attached hydrogens (primary N) is 2. The molecule has 0 fully saturated rings. The Morgan fingerprint density at radius 1 is 1.24 bits per heavy atom. The second-order valence-electron chi connectivity index (χ2n) is 4.02. The number of pyridine rings is 1. The molecule has 0 aliphatic carbocycles. The second-order valence-corrected chi connectivity index (χ2v) is 4.45. The van der Waals surface area contributed by atoms with Crippen molar-refractivity contribution >= 4 is 17.4 Å². The first-order valence-electron chi connectivity index (χ1n) is 5.31. The van der Waals surface area contributed by atoms with Crippen LogP contribution in [-0.4, -0.2) is 4.98 Å². The van der Waals surface area contributed by atoms with Crippen LogP contribution in [0.1, 0.15) is 22.7 Å². The summed E-state index contributed by atoms with van der Waals surface area (Å²) in [6, 6.07) is 9.11. The highest BCUT2D eigenvalue weighted by Crippen LogP contribution is 2.25. The second kappa shape index (κ2) is 4.73. The molecule has 0 aliphatic heterocycles. The Kier molecular flexibility index (Phi) is 3.31. The predicted octanol–water partition coefficient (Wildman–Crippen LogP) is 2.67. The third-order valence-corrected chi connectivity index (χ3v) is 2.90. The number of anilines is 1. The summed E-state index contributed by atoms with van der Waals surface area (Å²) in [6.45, 7) is 1.96. The average Bonchev–Trinajstić information content (AvgIpc) is 2.32. The Hall–Kier alpha value is -1.58. The van der Waals surface area contributed by atoms with E-state index in [9.17, 15) is 0 Å². The first-order chi connectivity index (χ1) is 8.08. The quantitative estimate of drug-likeness (QED) is 0.858. The summed E-state index contributed by atoms with van der Waals surface area (Å²) in [7, 11) is 0. The van der Waals surface area contributed by atoms with E-state index in [1.54, 1.807) is 6.20 Å². The van der Waals surface area contributed by atoms with E-state index >= 15 is 0 Å². The lowest BCUT2D eigenvalue weighted by molar-refractivity contribution is 0.865. The van der Waals surface area contributed by atoms with E-state index in [4.69, 9.17) is 23.1 Å². The maximum absolute atomic E-state index is 6.17. The molecule has 3 nitrogen and oxygen atoms in total. The lowest BCUT2D eigenvalue weighted by Crippen LogP contribution is -2.14. The molecule has 88 valence electrons. The van der Waals surface area contributed by atoms with Gasteiger partial charge in [-0.1, -0.05) is 23.7 Å². The summed E-state index contributed by atoms with van der Waals surface area (Å²) >= 11 is 5.84.